The molecule has 4 nitrogen and oxygen atoms in total. The van der Waals surface area contributed by atoms with E-state index in [-0.39, 0.29) is 5.91 Å². The van der Waals surface area contributed by atoms with E-state index in [4.69, 9.17) is 0 Å². The van der Waals surface area contributed by atoms with E-state index in [2.05, 4.69) is 10.4 Å². The molecule has 0 radical (unpaired) electrons. The average Bonchev–Trinajstić information content (AvgIpc) is 2.90. The Balaban J connectivity index is 1.81. The smallest absolute Gasteiger partial charge is 0.251 e. The van der Waals surface area contributed by atoms with E-state index in [1.807, 2.05) is 80.9 Å². The molecule has 1 amide bonds. The van der Waals surface area contributed by atoms with E-state index in [1.54, 1.807) is 0 Å². The van der Waals surface area contributed by atoms with Crippen LogP contribution < -0.4 is 5.32 Å². The highest BCUT2D eigenvalue weighted by molar-refractivity contribution is 5.95. The predicted molar refractivity (Wildman–Crippen MR) is 100 cm³/mol. The van der Waals surface area contributed by atoms with Gasteiger partial charge < -0.3 is 5.32 Å². The number of amides is 1. The normalized spacial score (nSPS) is 10.7. The molecule has 4 heteroatoms. The summed E-state index contributed by atoms with van der Waals surface area (Å²) in [4.78, 5) is 12.6. The molecule has 0 aliphatic carbocycles. The lowest BCUT2D eigenvalue weighted by Crippen LogP contribution is -2.24. The molecule has 25 heavy (non-hydrogen) atoms. The van der Waals surface area contributed by atoms with Crippen LogP contribution in [0.3, 0.4) is 0 Å². The van der Waals surface area contributed by atoms with Gasteiger partial charge in [-0.3, -0.25) is 4.79 Å². The molecule has 0 unspecified atom stereocenters. The summed E-state index contributed by atoms with van der Waals surface area (Å²) in [6, 6.07) is 16.0. The first-order valence-corrected chi connectivity index (χ1v) is 8.43. The van der Waals surface area contributed by atoms with Gasteiger partial charge in [0, 0.05) is 23.4 Å². The maximum Gasteiger partial charge on any atom is 0.251 e. The van der Waals surface area contributed by atoms with Crippen molar-refractivity contribution < 1.29 is 4.79 Å². The summed E-state index contributed by atoms with van der Waals surface area (Å²) < 4.78 is 1.93. The number of rotatable bonds is 4. The molecule has 0 bridgehead atoms. The highest BCUT2D eigenvalue weighted by Crippen LogP contribution is 2.18. The molecule has 0 saturated heterocycles. The fourth-order valence-corrected chi connectivity index (χ4v) is 3.00. The number of hydrogen-bond donors (Lipinski definition) is 1. The Morgan fingerprint density at radius 1 is 1.04 bits per heavy atom. The zero-order valence-electron chi connectivity index (χ0n) is 15.1. The Morgan fingerprint density at radius 2 is 1.76 bits per heavy atom. The second kappa shape index (κ2) is 6.93. The van der Waals surface area contributed by atoms with Gasteiger partial charge in [0.25, 0.3) is 5.91 Å². The van der Waals surface area contributed by atoms with Crippen molar-refractivity contribution in [3.05, 3.63) is 82.2 Å². The molecule has 0 aliphatic heterocycles. The Morgan fingerprint density at radius 3 is 2.48 bits per heavy atom. The molecule has 3 rings (SSSR count). The van der Waals surface area contributed by atoms with Gasteiger partial charge in [0.15, 0.2) is 0 Å². The highest BCUT2D eigenvalue weighted by Gasteiger charge is 2.15. The zero-order chi connectivity index (χ0) is 18.0. The summed E-state index contributed by atoms with van der Waals surface area (Å²) in [5.74, 6) is -0.0486. The summed E-state index contributed by atoms with van der Waals surface area (Å²) in [5, 5.41) is 7.67. The maximum absolute atomic E-state index is 12.6. The summed E-state index contributed by atoms with van der Waals surface area (Å²) >= 11 is 0. The molecule has 0 atom stereocenters. The Hall–Kier alpha value is -2.88. The van der Waals surface area contributed by atoms with E-state index in [0.717, 1.165) is 39.3 Å². The summed E-state index contributed by atoms with van der Waals surface area (Å²) in [6.07, 6.45) is 0. The molecule has 0 aliphatic rings. The van der Waals surface area contributed by atoms with Crippen LogP contribution in [-0.2, 0) is 6.54 Å². The second-order valence-corrected chi connectivity index (χ2v) is 6.40. The van der Waals surface area contributed by atoms with Crippen LogP contribution >= 0.6 is 0 Å². The van der Waals surface area contributed by atoms with E-state index in [9.17, 15) is 4.79 Å². The molecule has 1 N–H and O–H groups in total. The minimum Gasteiger partial charge on any atom is -0.348 e. The minimum absolute atomic E-state index is 0.0486. The maximum atomic E-state index is 12.6. The molecule has 128 valence electrons. The van der Waals surface area contributed by atoms with Crippen molar-refractivity contribution in [3.8, 4) is 5.69 Å². The van der Waals surface area contributed by atoms with Crippen molar-refractivity contribution in [1.29, 1.82) is 0 Å². The van der Waals surface area contributed by atoms with Crippen molar-refractivity contribution >= 4 is 5.91 Å². The number of aromatic nitrogens is 2. The van der Waals surface area contributed by atoms with Gasteiger partial charge in [0.1, 0.15) is 0 Å². The summed E-state index contributed by atoms with van der Waals surface area (Å²) in [6.45, 7) is 8.43. The van der Waals surface area contributed by atoms with Gasteiger partial charge in [-0.25, -0.2) is 4.68 Å². The monoisotopic (exact) mass is 333 g/mol. The molecule has 0 spiro atoms. The number of carbonyl (C=O) groups excluding carboxylic acids is 1. The Kier molecular flexibility index (Phi) is 4.70. The fraction of sp³-hybridized carbons (Fsp3) is 0.238. The van der Waals surface area contributed by atoms with E-state index in [0.29, 0.717) is 6.54 Å². The third-order valence-electron chi connectivity index (χ3n) is 4.51. The molecule has 1 aromatic heterocycles. The molecule has 2 aromatic carbocycles. The first-order chi connectivity index (χ1) is 12.0. The molecule has 0 fully saturated rings. The van der Waals surface area contributed by atoms with Gasteiger partial charge in [0.05, 0.1) is 11.4 Å². The minimum atomic E-state index is -0.0486. The van der Waals surface area contributed by atoms with Crippen LogP contribution in [0.4, 0.5) is 0 Å². The van der Waals surface area contributed by atoms with Gasteiger partial charge in [0.2, 0.25) is 0 Å². The summed E-state index contributed by atoms with van der Waals surface area (Å²) in [7, 11) is 0. The molecule has 3 aromatic rings. The Bertz CT molecular complexity index is 910. The van der Waals surface area contributed by atoms with Crippen molar-refractivity contribution in [1.82, 2.24) is 15.1 Å². The van der Waals surface area contributed by atoms with Crippen LogP contribution in [0.1, 0.15) is 38.4 Å². The van der Waals surface area contributed by atoms with Crippen LogP contribution in [0.25, 0.3) is 5.69 Å². The molecular formula is C21H23N3O. The largest absolute Gasteiger partial charge is 0.348 e. The third-order valence-corrected chi connectivity index (χ3v) is 4.51. The van der Waals surface area contributed by atoms with Crippen LogP contribution in [-0.4, -0.2) is 15.7 Å². The number of para-hydroxylation sites is 1. The van der Waals surface area contributed by atoms with Gasteiger partial charge in [-0.2, -0.15) is 5.10 Å². The van der Waals surface area contributed by atoms with Crippen LogP contribution in [0, 0.1) is 27.7 Å². The van der Waals surface area contributed by atoms with Crippen molar-refractivity contribution in [3.63, 3.8) is 0 Å². The van der Waals surface area contributed by atoms with Crippen molar-refractivity contribution in [2.24, 2.45) is 0 Å². The highest BCUT2D eigenvalue weighted by atomic mass is 16.1. The molecular weight excluding hydrogens is 310 g/mol. The van der Waals surface area contributed by atoms with E-state index in [1.165, 1.54) is 0 Å². The van der Waals surface area contributed by atoms with Gasteiger partial charge in [-0.05, 0) is 51.5 Å². The predicted octanol–water partition coefficient (Wildman–Crippen LogP) is 4.04. The number of nitrogens with one attached hydrogen (secondary N) is 1. The van der Waals surface area contributed by atoms with Gasteiger partial charge in [-0.1, -0.05) is 35.9 Å². The zero-order valence-corrected chi connectivity index (χ0v) is 15.1. The first kappa shape index (κ1) is 17.0. The number of carbonyl (C=O) groups is 1. The molecule has 0 saturated carbocycles. The number of aryl methyl sites for hydroxylation is 3. The van der Waals surface area contributed by atoms with Gasteiger partial charge in [-0.15, -0.1) is 0 Å². The van der Waals surface area contributed by atoms with Crippen LogP contribution in [0.15, 0.2) is 48.5 Å². The third kappa shape index (κ3) is 3.48. The topological polar surface area (TPSA) is 46.9 Å². The summed E-state index contributed by atoms with van der Waals surface area (Å²) in [5.41, 5.74) is 6.85. The Labute approximate surface area is 148 Å². The van der Waals surface area contributed by atoms with Gasteiger partial charge >= 0.3 is 0 Å². The van der Waals surface area contributed by atoms with Crippen molar-refractivity contribution in [2.45, 2.75) is 34.2 Å². The number of nitrogens with zero attached hydrogens (tertiary/aromatic N) is 2. The first-order valence-electron chi connectivity index (χ1n) is 8.43. The lowest BCUT2D eigenvalue weighted by Gasteiger charge is -2.09. The molecule has 1 heterocycles. The lowest BCUT2D eigenvalue weighted by atomic mass is 10.0. The SMILES string of the molecule is Cc1ccc(C)c(C(=O)NCc2c(C)nn(-c3ccccc3)c2C)c1. The fourth-order valence-electron chi connectivity index (χ4n) is 3.00. The average molecular weight is 333 g/mol. The van der Waals surface area contributed by atoms with Crippen LogP contribution in [0.2, 0.25) is 0 Å². The number of hydrogen-bond acceptors (Lipinski definition) is 2. The van der Waals surface area contributed by atoms with E-state index >= 15 is 0 Å². The van der Waals surface area contributed by atoms with E-state index < -0.39 is 0 Å². The lowest BCUT2D eigenvalue weighted by molar-refractivity contribution is 0.0950. The van der Waals surface area contributed by atoms with Crippen molar-refractivity contribution in [2.75, 3.05) is 0 Å². The quantitative estimate of drug-likeness (QED) is 0.783. The second-order valence-electron chi connectivity index (χ2n) is 6.40. The number of benzene rings is 2. The standard InChI is InChI=1S/C21H23N3O/c1-14-10-11-15(2)19(12-14)21(25)22-13-20-16(3)23-24(17(20)4)18-8-6-5-7-9-18/h5-12H,13H2,1-4H3,(H,22,25). The van der Waals surface area contributed by atoms with Crippen LogP contribution in [0.5, 0.6) is 0 Å².